The van der Waals surface area contributed by atoms with Gasteiger partial charge in [0.25, 0.3) is 0 Å². The molecule has 17 heavy (non-hydrogen) atoms. The van der Waals surface area contributed by atoms with Crippen LogP contribution >= 0.6 is 0 Å². The third-order valence-corrected chi connectivity index (χ3v) is 3.91. The lowest BCUT2D eigenvalue weighted by molar-refractivity contribution is -0.126. The number of nitrogens with one attached hydrogen (secondary N) is 1. The summed E-state index contributed by atoms with van der Waals surface area (Å²) in [7, 11) is 0. The number of likely N-dealkylation sites (tertiary alicyclic amines) is 1. The lowest BCUT2D eigenvalue weighted by Gasteiger charge is -2.50. The smallest absolute Gasteiger partial charge is 0.234 e. The normalized spacial score (nSPS) is 20.2. The van der Waals surface area contributed by atoms with Gasteiger partial charge < -0.3 is 11.1 Å². The molecule has 1 amide bonds. The summed E-state index contributed by atoms with van der Waals surface area (Å²) in [6.07, 6.45) is 0.936. The minimum Gasteiger partial charge on any atom is -0.350 e. The molecule has 3 N–H and O–H groups in total. The van der Waals surface area contributed by atoms with Crippen LogP contribution in [0.1, 0.15) is 41.0 Å². The Labute approximate surface area is 105 Å². The van der Waals surface area contributed by atoms with Gasteiger partial charge in [-0.3, -0.25) is 9.69 Å². The molecule has 0 aromatic rings. The third kappa shape index (κ3) is 3.68. The molecule has 100 valence electrons. The number of amides is 1. The zero-order valence-corrected chi connectivity index (χ0v) is 11.8. The average Bonchev–Trinajstić information content (AvgIpc) is 2.14. The monoisotopic (exact) mass is 241 g/mol. The molecule has 0 unspecified atom stereocenters. The fourth-order valence-electron chi connectivity index (χ4n) is 1.97. The van der Waals surface area contributed by atoms with Gasteiger partial charge in [0.1, 0.15) is 0 Å². The number of hydrogen-bond donors (Lipinski definition) is 2. The molecule has 1 rings (SSSR count). The van der Waals surface area contributed by atoms with Gasteiger partial charge in [0.05, 0.1) is 6.54 Å². The molecule has 1 aliphatic heterocycles. The van der Waals surface area contributed by atoms with Crippen LogP contribution in [0.15, 0.2) is 0 Å². The van der Waals surface area contributed by atoms with E-state index in [0.29, 0.717) is 12.5 Å². The lowest BCUT2D eigenvalue weighted by atomic mass is 9.80. The molecule has 1 fully saturated rings. The van der Waals surface area contributed by atoms with Crippen molar-refractivity contribution < 1.29 is 4.79 Å². The van der Waals surface area contributed by atoms with Crippen molar-refractivity contribution in [3.05, 3.63) is 0 Å². The second-order valence-corrected chi connectivity index (χ2v) is 6.32. The predicted octanol–water partition coefficient (Wildman–Crippen LogP) is 0.960. The molecule has 0 spiro atoms. The van der Waals surface area contributed by atoms with E-state index in [9.17, 15) is 4.79 Å². The van der Waals surface area contributed by atoms with E-state index < -0.39 is 0 Å². The molecule has 0 aliphatic carbocycles. The van der Waals surface area contributed by atoms with Gasteiger partial charge >= 0.3 is 0 Å². The van der Waals surface area contributed by atoms with E-state index in [1.807, 2.05) is 13.8 Å². The third-order valence-electron chi connectivity index (χ3n) is 3.91. The molecule has 0 atom stereocenters. The highest BCUT2D eigenvalue weighted by Crippen LogP contribution is 2.25. The molecule has 0 saturated carbocycles. The Morgan fingerprint density at radius 3 is 2.41 bits per heavy atom. The number of nitrogens with two attached hydrogens (primary N) is 1. The van der Waals surface area contributed by atoms with Gasteiger partial charge in [-0.25, -0.2) is 0 Å². The minimum absolute atomic E-state index is 0.0967. The second-order valence-electron chi connectivity index (χ2n) is 6.32. The van der Waals surface area contributed by atoms with E-state index in [1.54, 1.807) is 0 Å². The van der Waals surface area contributed by atoms with Crippen LogP contribution in [-0.4, -0.2) is 41.5 Å². The molecular formula is C13H27N3O. The van der Waals surface area contributed by atoms with Crippen molar-refractivity contribution in [3.8, 4) is 0 Å². The van der Waals surface area contributed by atoms with Crippen LogP contribution in [0.5, 0.6) is 0 Å². The first-order valence-corrected chi connectivity index (χ1v) is 6.51. The Bertz CT molecular complexity index is 280. The SMILES string of the molecule is CCC(C)(C)NC(=O)CN1CC(N)(C(C)C)C1. The van der Waals surface area contributed by atoms with E-state index >= 15 is 0 Å². The van der Waals surface area contributed by atoms with Crippen LogP contribution in [0, 0.1) is 5.92 Å². The molecule has 0 bridgehead atoms. The predicted molar refractivity (Wildman–Crippen MR) is 70.7 cm³/mol. The number of rotatable bonds is 5. The van der Waals surface area contributed by atoms with Gasteiger partial charge in [0.2, 0.25) is 5.91 Å². The molecule has 0 radical (unpaired) electrons. The fraction of sp³-hybridized carbons (Fsp3) is 0.923. The summed E-state index contributed by atoms with van der Waals surface area (Å²) < 4.78 is 0. The van der Waals surface area contributed by atoms with E-state index in [-0.39, 0.29) is 17.0 Å². The van der Waals surface area contributed by atoms with Gasteiger partial charge in [0.15, 0.2) is 0 Å². The maximum atomic E-state index is 11.8. The summed E-state index contributed by atoms with van der Waals surface area (Å²) >= 11 is 0. The molecule has 1 aliphatic rings. The Balaban J connectivity index is 2.32. The Morgan fingerprint density at radius 2 is 2.00 bits per heavy atom. The average molecular weight is 241 g/mol. The van der Waals surface area contributed by atoms with Crippen LogP contribution in [0.4, 0.5) is 0 Å². The van der Waals surface area contributed by atoms with E-state index in [2.05, 4.69) is 31.0 Å². The highest BCUT2D eigenvalue weighted by Gasteiger charge is 2.42. The van der Waals surface area contributed by atoms with Gasteiger partial charge in [-0.05, 0) is 26.2 Å². The van der Waals surface area contributed by atoms with Crippen LogP contribution in [0.2, 0.25) is 0 Å². The highest BCUT2D eigenvalue weighted by atomic mass is 16.2. The summed E-state index contributed by atoms with van der Waals surface area (Å²) in [5.41, 5.74) is 5.98. The van der Waals surface area contributed by atoms with E-state index in [4.69, 9.17) is 5.73 Å². The van der Waals surface area contributed by atoms with Crippen LogP contribution in [0.3, 0.4) is 0 Å². The Hall–Kier alpha value is -0.610. The Kier molecular flexibility index (Phi) is 4.20. The number of carbonyl (C=O) groups is 1. The van der Waals surface area contributed by atoms with Gasteiger partial charge in [-0.15, -0.1) is 0 Å². The number of hydrogen-bond acceptors (Lipinski definition) is 3. The Morgan fingerprint density at radius 1 is 1.47 bits per heavy atom. The maximum Gasteiger partial charge on any atom is 0.234 e. The van der Waals surface area contributed by atoms with Gasteiger partial charge in [-0.2, -0.15) is 0 Å². The molecular weight excluding hydrogens is 214 g/mol. The summed E-state index contributed by atoms with van der Waals surface area (Å²) in [6, 6.07) is 0. The van der Waals surface area contributed by atoms with Crippen LogP contribution < -0.4 is 11.1 Å². The molecule has 1 saturated heterocycles. The molecule has 1 heterocycles. The summed E-state index contributed by atoms with van der Waals surface area (Å²) in [5, 5.41) is 3.04. The van der Waals surface area contributed by atoms with Crippen molar-refractivity contribution in [1.29, 1.82) is 0 Å². The number of carbonyl (C=O) groups excluding carboxylic acids is 1. The minimum atomic E-state index is -0.111. The van der Waals surface area contributed by atoms with Crippen molar-refractivity contribution in [1.82, 2.24) is 10.2 Å². The number of nitrogens with zero attached hydrogens (tertiary/aromatic N) is 1. The largest absolute Gasteiger partial charge is 0.350 e. The topological polar surface area (TPSA) is 58.4 Å². The van der Waals surface area contributed by atoms with Crippen molar-refractivity contribution in [2.75, 3.05) is 19.6 Å². The van der Waals surface area contributed by atoms with Crippen molar-refractivity contribution in [3.63, 3.8) is 0 Å². The van der Waals surface area contributed by atoms with Gasteiger partial charge in [-0.1, -0.05) is 20.8 Å². The van der Waals surface area contributed by atoms with E-state index in [1.165, 1.54) is 0 Å². The summed E-state index contributed by atoms with van der Waals surface area (Å²) in [5.74, 6) is 0.566. The molecule has 4 heteroatoms. The first-order valence-electron chi connectivity index (χ1n) is 6.51. The molecule has 0 aromatic carbocycles. The van der Waals surface area contributed by atoms with E-state index in [0.717, 1.165) is 19.5 Å². The zero-order valence-electron chi connectivity index (χ0n) is 11.8. The maximum absolute atomic E-state index is 11.8. The van der Waals surface area contributed by atoms with Crippen LogP contribution in [0.25, 0.3) is 0 Å². The highest BCUT2D eigenvalue weighted by molar-refractivity contribution is 5.78. The van der Waals surface area contributed by atoms with Crippen LogP contribution in [-0.2, 0) is 4.79 Å². The van der Waals surface area contributed by atoms with Gasteiger partial charge in [0, 0.05) is 24.2 Å². The standard InChI is InChI=1S/C13H27N3O/c1-6-12(4,5)15-11(17)7-16-8-13(14,9-16)10(2)3/h10H,6-9,14H2,1-5H3,(H,15,17). The van der Waals surface area contributed by atoms with Crippen molar-refractivity contribution in [2.24, 2.45) is 11.7 Å². The zero-order chi connectivity index (χ0) is 13.3. The lowest BCUT2D eigenvalue weighted by Crippen LogP contribution is -2.71. The van der Waals surface area contributed by atoms with Crippen molar-refractivity contribution >= 4 is 5.91 Å². The first kappa shape index (κ1) is 14.5. The molecule has 0 aromatic heterocycles. The summed E-state index contributed by atoms with van der Waals surface area (Å²) in [4.78, 5) is 13.9. The fourth-order valence-corrected chi connectivity index (χ4v) is 1.97. The second kappa shape index (κ2) is 4.94. The van der Waals surface area contributed by atoms with Crippen molar-refractivity contribution in [2.45, 2.75) is 52.1 Å². The quantitative estimate of drug-likeness (QED) is 0.754. The first-order chi connectivity index (χ1) is 7.68. The summed E-state index contributed by atoms with van der Waals surface area (Å²) in [6.45, 7) is 12.6. The molecule has 4 nitrogen and oxygen atoms in total.